The second-order valence-corrected chi connectivity index (χ2v) is 8.48. The molecule has 3 aromatic rings. The first-order valence-electron chi connectivity index (χ1n) is 8.39. The van der Waals surface area contributed by atoms with Crippen LogP contribution in [0.5, 0.6) is 0 Å². The molecule has 0 saturated heterocycles. The van der Waals surface area contributed by atoms with E-state index in [0.717, 1.165) is 0 Å². The lowest BCUT2D eigenvalue weighted by Gasteiger charge is -2.08. The third-order valence-corrected chi connectivity index (χ3v) is 6.11. The number of ketones is 1. The van der Waals surface area contributed by atoms with Gasteiger partial charge in [-0.25, -0.2) is 13.2 Å². The van der Waals surface area contributed by atoms with Crippen LogP contribution in [-0.2, 0) is 28.7 Å². The number of aromatic nitrogens is 2. The van der Waals surface area contributed by atoms with Crippen LogP contribution < -0.4 is 11.0 Å². The Balaban J connectivity index is 1.82. The van der Waals surface area contributed by atoms with E-state index >= 15 is 0 Å². The van der Waals surface area contributed by atoms with Gasteiger partial charge < -0.3 is 5.32 Å². The molecule has 1 aromatic heterocycles. The minimum atomic E-state index is -3.90. The van der Waals surface area contributed by atoms with Crippen molar-refractivity contribution in [2.75, 3.05) is 11.1 Å². The van der Waals surface area contributed by atoms with Gasteiger partial charge in [-0.3, -0.25) is 18.7 Å². The predicted octanol–water partition coefficient (Wildman–Crippen LogP) is 1.49. The van der Waals surface area contributed by atoms with Crippen molar-refractivity contribution in [2.45, 2.75) is 11.8 Å². The van der Waals surface area contributed by atoms with Gasteiger partial charge in [-0.1, -0.05) is 0 Å². The average molecular weight is 401 g/mol. The van der Waals surface area contributed by atoms with Crippen LogP contribution >= 0.6 is 0 Å². The van der Waals surface area contributed by atoms with Gasteiger partial charge in [0.2, 0.25) is 5.91 Å². The van der Waals surface area contributed by atoms with E-state index in [1.165, 1.54) is 40.3 Å². The summed E-state index contributed by atoms with van der Waals surface area (Å²) in [5.74, 6) is -1.54. The fourth-order valence-corrected chi connectivity index (χ4v) is 4.07. The zero-order valence-corrected chi connectivity index (χ0v) is 16.4. The number of benzene rings is 2. The Kier molecular flexibility index (Phi) is 4.95. The molecule has 3 rings (SSSR count). The van der Waals surface area contributed by atoms with Crippen molar-refractivity contribution in [3.8, 4) is 0 Å². The van der Waals surface area contributed by atoms with Gasteiger partial charge in [0.05, 0.1) is 15.9 Å². The van der Waals surface area contributed by atoms with Crippen molar-refractivity contribution in [3.63, 3.8) is 0 Å². The number of amides is 1. The van der Waals surface area contributed by atoms with Gasteiger partial charge in [-0.2, -0.15) is 0 Å². The van der Waals surface area contributed by atoms with Gasteiger partial charge in [-0.05, 0) is 49.4 Å². The fraction of sp³-hybridized carbons (Fsp3) is 0.211. The zero-order valence-electron chi connectivity index (χ0n) is 15.6. The highest BCUT2D eigenvalue weighted by atomic mass is 32.2. The molecule has 0 spiro atoms. The predicted molar refractivity (Wildman–Crippen MR) is 105 cm³/mol. The van der Waals surface area contributed by atoms with Crippen LogP contribution in [0.4, 0.5) is 5.69 Å². The first-order chi connectivity index (χ1) is 13.1. The van der Waals surface area contributed by atoms with Crippen LogP contribution in [-0.4, -0.2) is 35.0 Å². The number of imidazole rings is 1. The van der Waals surface area contributed by atoms with Crippen LogP contribution in [0.25, 0.3) is 11.0 Å². The third-order valence-electron chi connectivity index (χ3n) is 4.50. The summed E-state index contributed by atoms with van der Waals surface area (Å²) in [6.45, 7) is 1.43. The van der Waals surface area contributed by atoms with Crippen LogP contribution in [0.15, 0.2) is 52.2 Å². The summed E-state index contributed by atoms with van der Waals surface area (Å²) >= 11 is 0. The second-order valence-electron chi connectivity index (χ2n) is 6.49. The maximum absolute atomic E-state index is 12.6. The first kappa shape index (κ1) is 19.6. The van der Waals surface area contributed by atoms with E-state index in [1.807, 2.05) is 0 Å². The number of hydrogen-bond acceptors (Lipinski definition) is 5. The van der Waals surface area contributed by atoms with E-state index in [9.17, 15) is 22.8 Å². The van der Waals surface area contributed by atoms with Crippen LogP contribution in [0, 0.1) is 0 Å². The largest absolute Gasteiger partial charge is 0.328 e. The summed E-state index contributed by atoms with van der Waals surface area (Å²) < 4.78 is 28.0. The topological polar surface area (TPSA) is 107 Å². The summed E-state index contributed by atoms with van der Waals surface area (Å²) in [6, 6.07) is 10.5. The molecule has 0 atom stereocenters. The minimum absolute atomic E-state index is 0.0386. The standard InChI is InChI=1S/C19H19N3O5S/c1-12(23)13-4-6-14(7-5-13)20-18(24)11-28(26,27)15-8-9-16-17(10-15)22(3)19(25)21(16)2/h4-10H,11H2,1-3H3,(H,20,24). The lowest BCUT2D eigenvalue weighted by atomic mass is 10.1. The van der Waals surface area contributed by atoms with Gasteiger partial charge >= 0.3 is 5.69 Å². The highest BCUT2D eigenvalue weighted by Crippen LogP contribution is 2.19. The number of carbonyl (C=O) groups is 2. The highest BCUT2D eigenvalue weighted by molar-refractivity contribution is 7.92. The Morgan fingerprint density at radius 3 is 2.18 bits per heavy atom. The van der Waals surface area contributed by atoms with E-state index in [4.69, 9.17) is 0 Å². The molecule has 0 aliphatic rings. The molecule has 9 heteroatoms. The van der Waals surface area contributed by atoms with E-state index in [2.05, 4.69) is 5.32 Å². The average Bonchev–Trinajstić information content (AvgIpc) is 2.85. The number of carbonyl (C=O) groups excluding carboxylic acids is 2. The lowest BCUT2D eigenvalue weighted by molar-refractivity contribution is -0.113. The third kappa shape index (κ3) is 3.61. The number of fused-ring (bicyclic) bond motifs is 1. The molecule has 0 aliphatic carbocycles. The maximum Gasteiger partial charge on any atom is 0.328 e. The summed E-state index contributed by atoms with van der Waals surface area (Å²) in [4.78, 5) is 35.4. The van der Waals surface area contributed by atoms with Gasteiger partial charge in [-0.15, -0.1) is 0 Å². The van der Waals surface area contributed by atoms with Gasteiger partial charge in [0.25, 0.3) is 0 Å². The molecule has 1 amide bonds. The normalized spacial score (nSPS) is 11.5. The molecule has 0 unspecified atom stereocenters. The Morgan fingerprint density at radius 2 is 1.57 bits per heavy atom. The molecule has 8 nitrogen and oxygen atoms in total. The van der Waals surface area contributed by atoms with E-state index in [-0.39, 0.29) is 16.4 Å². The summed E-state index contributed by atoms with van der Waals surface area (Å²) in [5.41, 5.74) is 1.69. The smallest absolute Gasteiger partial charge is 0.325 e. The maximum atomic E-state index is 12.6. The van der Waals surface area contributed by atoms with Crippen molar-refractivity contribution < 1.29 is 18.0 Å². The molecule has 0 aliphatic heterocycles. The van der Waals surface area contributed by atoms with Crippen molar-refractivity contribution >= 4 is 38.2 Å². The molecule has 1 heterocycles. The van der Waals surface area contributed by atoms with Crippen molar-refractivity contribution in [3.05, 3.63) is 58.5 Å². The number of hydrogen-bond donors (Lipinski definition) is 1. The SMILES string of the molecule is CC(=O)c1ccc(NC(=O)CS(=O)(=O)c2ccc3c(c2)n(C)c(=O)n3C)cc1. The number of Topliss-reactive ketones (excluding diaryl/α,β-unsaturated/α-hetero) is 1. The molecule has 0 bridgehead atoms. The summed E-state index contributed by atoms with van der Waals surface area (Å²) in [7, 11) is -0.749. The zero-order chi connectivity index (χ0) is 20.6. The van der Waals surface area contributed by atoms with Crippen molar-refractivity contribution in [2.24, 2.45) is 14.1 Å². The van der Waals surface area contributed by atoms with E-state index < -0.39 is 21.5 Å². The summed E-state index contributed by atoms with van der Waals surface area (Å²) in [5, 5.41) is 2.51. The molecule has 2 aromatic carbocycles. The minimum Gasteiger partial charge on any atom is -0.325 e. The van der Waals surface area contributed by atoms with E-state index in [1.54, 1.807) is 32.3 Å². The Hall–Kier alpha value is -3.20. The van der Waals surface area contributed by atoms with Crippen LogP contribution in [0.2, 0.25) is 0 Å². The number of nitrogens with zero attached hydrogens (tertiary/aromatic N) is 2. The quantitative estimate of drug-likeness (QED) is 0.652. The molecule has 1 N–H and O–H groups in total. The summed E-state index contributed by atoms with van der Waals surface area (Å²) in [6.07, 6.45) is 0. The molecule has 28 heavy (non-hydrogen) atoms. The number of sulfone groups is 1. The number of aryl methyl sites for hydroxylation is 2. The molecular weight excluding hydrogens is 382 g/mol. The Labute approximate surface area is 161 Å². The number of rotatable bonds is 5. The molecule has 0 radical (unpaired) electrons. The number of nitrogens with one attached hydrogen (secondary N) is 1. The fourth-order valence-electron chi connectivity index (χ4n) is 2.92. The monoisotopic (exact) mass is 401 g/mol. The molecule has 0 fully saturated rings. The molecule has 0 saturated carbocycles. The number of anilines is 1. The Bertz CT molecular complexity index is 1250. The molecule has 146 valence electrons. The highest BCUT2D eigenvalue weighted by Gasteiger charge is 2.21. The van der Waals surface area contributed by atoms with Crippen LogP contribution in [0.3, 0.4) is 0 Å². The lowest BCUT2D eigenvalue weighted by Crippen LogP contribution is -2.23. The van der Waals surface area contributed by atoms with Gasteiger partial charge in [0.1, 0.15) is 5.75 Å². The van der Waals surface area contributed by atoms with Gasteiger partial charge in [0, 0.05) is 25.3 Å². The van der Waals surface area contributed by atoms with E-state index in [0.29, 0.717) is 22.3 Å². The second kappa shape index (κ2) is 7.08. The van der Waals surface area contributed by atoms with Crippen molar-refractivity contribution in [1.29, 1.82) is 0 Å². The van der Waals surface area contributed by atoms with Gasteiger partial charge in [0.15, 0.2) is 15.6 Å². The van der Waals surface area contributed by atoms with Crippen molar-refractivity contribution in [1.82, 2.24) is 9.13 Å². The molecular formula is C19H19N3O5S. The first-order valence-corrected chi connectivity index (χ1v) is 10.0. The van der Waals surface area contributed by atoms with Crippen LogP contribution in [0.1, 0.15) is 17.3 Å². The Morgan fingerprint density at radius 1 is 0.964 bits per heavy atom.